The van der Waals surface area contributed by atoms with Crippen molar-refractivity contribution >= 4 is 28.9 Å². The highest BCUT2D eigenvalue weighted by Gasteiger charge is 2.01. The molecule has 14 heavy (non-hydrogen) atoms. The molecule has 0 aliphatic carbocycles. The molecule has 0 unspecified atom stereocenters. The van der Waals surface area contributed by atoms with E-state index < -0.39 is 0 Å². The van der Waals surface area contributed by atoms with Crippen molar-refractivity contribution < 1.29 is 4.79 Å². The maximum absolute atomic E-state index is 10.4. The summed E-state index contributed by atoms with van der Waals surface area (Å²) in [7, 11) is 0. The van der Waals surface area contributed by atoms with Crippen molar-refractivity contribution in [2.45, 2.75) is 0 Å². The zero-order chi connectivity index (χ0) is 9.97. The predicted molar refractivity (Wildman–Crippen MR) is 62.1 cm³/mol. The number of rotatable bonds is 2. The van der Waals surface area contributed by atoms with Crippen molar-refractivity contribution in [3.05, 3.63) is 39.9 Å². The molecule has 0 spiro atoms. The summed E-state index contributed by atoms with van der Waals surface area (Å²) in [4.78, 5) is 17.2. The lowest BCUT2D eigenvalue weighted by molar-refractivity contribution is 0.111. The first-order valence-electron chi connectivity index (χ1n) is 4.06. The molecule has 1 aromatic heterocycles. The van der Waals surface area contributed by atoms with Gasteiger partial charge in [0.15, 0.2) is 12.1 Å². The summed E-state index contributed by atoms with van der Waals surface area (Å²) in [5.41, 5.74) is 1.90. The van der Waals surface area contributed by atoms with Crippen LogP contribution in [0.5, 0.6) is 0 Å². The Morgan fingerprint density at radius 1 is 1.29 bits per heavy atom. The number of imidazole rings is 1. The Hall–Kier alpha value is -1.17. The first-order chi connectivity index (χ1) is 6.79. The topological polar surface area (TPSA) is 45.8 Å². The third kappa shape index (κ3) is 1.84. The van der Waals surface area contributed by atoms with E-state index in [2.05, 4.69) is 32.6 Å². The van der Waals surface area contributed by atoms with Crippen molar-refractivity contribution in [3.63, 3.8) is 0 Å². The zero-order valence-corrected chi connectivity index (χ0v) is 9.36. The third-order valence-corrected chi connectivity index (χ3v) is 2.58. The Balaban J connectivity index is 2.39. The van der Waals surface area contributed by atoms with Gasteiger partial charge in [0.1, 0.15) is 0 Å². The Labute approximate surface area is 94.7 Å². The molecule has 0 fully saturated rings. The molecule has 1 N–H and O–H groups in total. The highest BCUT2D eigenvalue weighted by Crippen LogP contribution is 2.17. The lowest BCUT2D eigenvalue weighted by Gasteiger charge is -1.96. The summed E-state index contributed by atoms with van der Waals surface area (Å²) in [5.74, 6) is 0.360. The Morgan fingerprint density at radius 2 is 2.00 bits per heavy atom. The Kier molecular flexibility index (Phi) is 2.62. The summed E-state index contributed by atoms with van der Waals surface area (Å²) in [6.07, 6.45) is 2.36. The van der Waals surface area contributed by atoms with Crippen LogP contribution in [0, 0.1) is 3.57 Å². The van der Waals surface area contributed by atoms with E-state index in [-0.39, 0.29) is 0 Å². The minimum absolute atomic E-state index is 0.360. The monoisotopic (exact) mass is 298 g/mol. The van der Waals surface area contributed by atoms with Gasteiger partial charge >= 0.3 is 0 Å². The van der Waals surface area contributed by atoms with Gasteiger partial charge in [-0.1, -0.05) is 12.1 Å². The second kappa shape index (κ2) is 3.91. The number of hydrogen-bond donors (Lipinski definition) is 1. The minimum atomic E-state index is 0.360. The van der Waals surface area contributed by atoms with Gasteiger partial charge in [0.25, 0.3) is 0 Å². The zero-order valence-electron chi connectivity index (χ0n) is 7.20. The summed E-state index contributed by atoms with van der Waals surface area (Å²) in [5, 5.41) is 0. The van der Waals surface area contributed by atoms with Crippen molar-refractivity contribution in [3.8, 4) is 11.3 Å². The number of aromatic amines is 1. The molecule has 0 atom stereocenters. The summed E-state index contributed by atoms with van der Waals surface area (Å²) in [6, 6.07) is 8.00. The average Bonchev–Trinajstić information content (AvgIpc) is 2.67. The molecule has 0 saturated carbocycles. The molecule has 4 heteroatoms. The van der Waals surface area contributed by atoms with Crippen LogP contribution < -0.4 is 0 Å². The number of aldehydes is 1. The van der Waals surface area contributed by atoms with Gasteiger partial charge in [-0.25, -0.2) is 4.98 Å². The van der Waals surface area contributed by atoms with Crippen molar-refractivity contribution in [1.82, 2.24) is 9.97 Å². The van der Waals surface area contributed by atoms with Crippen molar-refractivity contribution in [2.24, 2.45) is 0 Å². The van der Waals surface area contributed by atoms with Gasteiger partial charge in [-0.15, -0.1) is 0 Å². The number of benzene rings is 1. The number of halogens is 1. The van der Waals surface area contributed by atoms with Crippen LogP contribution in [0.2, 0.25) is 0 Å². The van der Waals surface area contributed by atoms with E-state index in [0.717, 1.165) is 11.3 Å². The van der Waals surface area contributed by atoms with Crippen LogP contribution in [0.25, 0.3) is 11.3 Å². The molecule has 1 aromatic carbocycles. The molecule has 70 valence electrons. The maximum atomic E-state index is 10.4. The molecule has 1 heterocycles. The number of H-pyrrole nitrogens is 1. The smallest absolute Gasteiger partial charge is 0.185 e. The van der Waals surface area contributed by atoms with Crippen molar-refractivity contribution in [1.29, 1.82) is 0 Å². The minimum Gasteiger partial charge on any atom is -0.336 e. The van der Waals surface area contributed by atoms with E-state index >= 15 is 0 Å². The summed E-state index contributed by atoms with van der Waals surface area (Å²) >= 11 is 2.25. The van der Waals surface area contributed by atoms with Gasteiger partial charge in [-0.05, 0) is 40.3 Å². The quantitative estimate of drug-likeness (QED) is 0.684. The molecule has 3 nitrogen and oxygen atoms in total. The number of nitrogens with zero attached hydrogens (tertiary/aromatic N) is 1. The van der Waals surface area contributed by atoms with Gasteiger partial charge in [0.05, 0.1) is 11.9 Å². The fourth-order valence-electron chi connectivity index (χ4n) is 1.17. The molecule has 0 radical (unpaired) electrons. The molecule has 0 bridgehead atoms. The van der Waals surface area contributed by atoms with Crippen LogP contribution in [0.15, 0.2) is 30.5 Å². The molecule has 2 rings (SSSR count). The second-order valence-corrected chi connectivity index (χ2v) is 4.05. The molecular weight excluding hydrogens is 291 g/mol. The standard InChI is InChI=1S/C10H7IN2O/c11-8-3-1-7(2-4-8)9-5-12-10(6-14)13-9/h1-6H,(H,12,13). The van der Waals surface area contributed by atoms with Crippen molar-refractivity contribution in [2.75, 3.05) is 0 Å². The van der Waals surface area contributed by atoms with Crippen LogP contribution in [-0.2, 0) is 0 Å². The number of hydrogen-bond acceptors (Lipinski definition) is 2. The predicted octanol–water partition coefficient (Wildman–Crippen LogP) is 2.49. The summed E-state index contributed by atoms with van der Waals surface area (Å²) in [6.45, 7) is 0. The normalized spacial score (nSPS) is 10.1. The molecular formula is C10H7IN2O. The second-order valence-electron chi connectivity index (χ2n) is 2.81. The lowest BCUT2D eigenvalue weighted by Crippen LogP contribution is -1.82. The van der Waals surface area contributed by atoms with Crippen LogP contribution in [0.1, 0.15) is 10.6 Å². The van der Waals surface area contributed by atoms with E-state index in [9.17, 15) is 4.79 Å². The number of nitrogens with one attached hydrogen (secondary N) is 1. The van der Waals surface area contributed by atoms with Gasteiger partial charge in [0.2, 0.25) is 0 Å². The highest BCUT2D eigenvalue weighted by atomic mass is 127. The van der Waals surface area contributed by atoms with E-state index in [1.807, 2.05) is 24.3 Å². The molecule has 2 aromatic rings. The molecule has 0 amide bonds. The SMILES string of the molecule is O=Cc1ncc(-c2ccc(I)cc2)[nH]1. The van der Waals surface area contributed by atoms with Crippen LogP contribution in [-0.4, -0.2) is 16.3 Å². The van der Waals surface area contributed by atoms with Crippen LogP contribution in [0.3, 0.4) is 0 Å². The van der Waals surface area contributed by atoms with E-state index in [1.54, 1.807) is 6.20 Å². The first-order valence-corrected chi connectivity index (χ1v) is 5.13. The van der Waals surface area contributed by atoms with E-state index in [1.165, 1.54) is 3.57 Å². The van der Waals surface area contributed by atoms with Crippen LogP contribution >= 0.6 is 22.6 Å². The lowest BCUT2D eigenvalue weighted by atomic mass is 10.2. The Morgan fingerprint density at radius 3 is 2.57 bits per heavy atom. The maximum Gasteiger partial charge on any atom is 0.185 e. The third-order valence-electron chi connectivity index (χ3n) is 1.86. The van der Waals surface area contributed by atoms with Gasteiger partial charge in [-0.3, -0.25) is 4.79 Å². The number of carbonyl (C=O) groups is 1. The van der Waals surface area contributed by atoms with E-state index in [4.69, 9.17) is 0 Å². The number of aromatic nitrogens is 2. The largest absolute Gasteiger partial charge is 0.336 e. The molecule has 0 saturated heterocycles. The number of carbonyl (C=O) groups excluding carboxylic acids is 1. The molecule has 0 aliphatic rings. The Bertz CT molecular complexity index is 447. The first kappa shape index (κ1) is 9.39. The average molecular weight is 298 g/mol. The summed E-state index contributed by atoms with van der Waals surface area (Å²) < 4.78 is 1.18. The fraction of sp³-hybridized carbons (Fsp3) is 0. The fourth-order valence-corrected chi connectivity index (χ4v) is 1.53. The molecule has 0 aliphatic heterocycles. The van der Waals surface area contributed by atoms with Gasteiger partial charge < -0.3 is 4.98 Å². The van der Waals surface area contributed by atoms with E-state index in [0.29, 0.717) is 12.1 Å². The highest BCUT2D eigenvalue weighted by molar-refractivity contribution is 14.1. The van der Waals surface area contributed by atoms with Gasteiger partial charge in [0, 0.05) is 3.57 Å². The van der Waals surface area contributed by atoms with Crippen LogP contribution in [0.4, 0.5) is 0 Å². The van der Waals surface area contributed by atoms with Gasteiger partial charge in [-0.2, -0.15) is 0 Å².